The number of hydrogen-bond acceptors (Lipinski definition) is 5. The molecule has 1 aliphatic rings. The molecule has 0 heterocycles. The molecule has 0 bridgehead atoms. The van der Waals surface area contributed by atoms with Gasteiger partial charge in [0.25, 0.3) is 0 Å². The van der Waals surface area contributed by atoms with E-state index >= 15 is 0 Å². The molecule has 5 heteroatoms. The predicted octanol–water partition coefficient (Wildman–Crippen LogP) is 2.87. The van der Waals surface area contributed by atoms with Crippen LogP contribution in [0.25, 0.3) is 0 Å². The fourth-order valence-corrected chi connectivity index (χ4v) is 3.29. The van der Waals surface area contributed by atoms with Crippen LogP contribution in [0.4, 0.5) is 0 Å². The molecule has 0 saturated heterocycles. The number of esters is 2. The Morgan fingerprint density at radius 1 is 1.08 bits per heavy atom. The van der Waals surface area contributed by atoms with Gasteiger partial charge in [-0.3, -0.25) is 14.4 Å². The maximum atomic E-state index is 12.9. The van der Waals surface area contributed by atoms with Crippen molar-refractivity contribution in [2.75, 3.05) is 14.2 Å². The summed E-state index contributed by atoms with van der Waals surface area (Å²) in [6.45, 7) is 3.75. The molecule has 5 nitrogen and oxygen atoms in total. The first-order chi connectivity index (χ1) is 11.4. The minimum Gasteiger partial charge on any atom is -0.468 e. The Balaban J connectivity index is 2.41. The third-order valence-electron chi connectivity index (χ3n) is 4.68. The van der Waals surface area contributed by atoms with Crippen molar-refractivity contribution in [1.29, 1.82) is 0 Å². The van der Waals surface area contributed by atoms with E-state index in [1.807, 2.05) is 19.1 Å². The minimum absolute atomic E-state index is 0.0682. The summed E-state index contributed by atoms with van der Waals surface area (Å²) in [6.07, 6.45) is 2.01. The Hall–Kier alpha value is -2.43. The summed E-state index contributed by atoms with van der Waals surface area (Å²) >= 11 is 0. The van der Waals surface area contributed by atoms with Gasteiger partial charge in [0.15, 0.2) is 11.2 Å². The summed E-state index contributed by atoms with van der Waals surface area (Å²) in [5, 5.41) is 0. The van der Waals surface area contributed by atoms with Gasteiger partial charge in [0.2, 0.25) is 0 Å². The molecule has 0 aromatic heterocycles. The fourth-order valence-electron chi connectivity index (χ4n) is 3.29. The number of carbonyl (C=O) groups excluding carboxylic acids is 3. The zero-order valence-corrected chi connectivity index (χ0v) is 14.4. The van der Waals surface area contributed by atoms with Crippen LogP contribution in [-0.2, 0) is 19.1 Å². The van der Waals surface area contributed by atoms with Crippen LogP contribution in [0.15, 0.2) is 35.9 Å². The van der Waals surface area contributed by atoms with Gasteiger partial charge in [0.05, 0.1) is 14.2 Å². The van der Waals surface area contributed by atoms with Crippen LogP contribution in [0.5, 0.6) is 0 Å². The first kappa shape index (κ1) is 17.9. The zero-order valence-electron chi connectivity index (χ0n) is 14.4. The lowest BCUT2D eigenvalue weighted by Gasteiger charge is -2.22. The smallest absolute Gasteiger partial charge is 0.323 e. The number of aryl methyl sites for hydroxylation is 1. The second-order valence-electron chi connectivity index (χ2n) is 6.09. The summed E-state index contributed by atoms with van der Waals surface area (Å²) in [6, 6.07) is 7.26. The molecule has 1 aromatic carbocycles. The van der Waals surface area contributed by atoms with Crippen LogP contribution in [0.2, 0.25) is 0 Å². The van der Waals surface area contributed by atoms with Crippen molar-refractivity contribution in [3.8, 4) is 0 Å². The summed E-state index contributed by atoms with van der Waals surface area (Å²) < 4.78 is 9.65. The van der Waals surface area contributed by atoms with Gasteiger partial charge in [-0.15, -0.1) is 0 Å². The molecular weight excluding hydrogens is 308 g/mol. The Labute approximate surface area is 141 Å². The number of benzene rings is 1. The van der Waals surface area contributed by atoms with E-state index in [0.29, 0.717) is 5.56 Å². The van der Waals surface area contributed by atoms with E-state index in [-0.39, 0.29) is 18.6 Å². The van der Waals surface area contributed by atoms with Crippen molar-refractivity contribution in [3.63, 3.8) is 0 Å². The average Bonchev–Trinajstić information content (AvgIpc) is 3.01. The topological polar surface area (TPSA) is 69.7 Å². The van der Waals surface area contributed by atoms with Gasteiger partial charge < -0.3 is 9.47 Å². The SMILES string of the molecule is C/C=C1\CC(C(=O)OC)(C(=O)OC)C[C@@H]1C(=O)c1ccc(C)cc1. The van der Waals surface area contributed by atoms with E-state index in [2.05, 4.69) is 0 Å². The van der Waals surface area contributed by atoms with Crippen LogP contribution in [0, 0.1) is 18.3 Å². The highest BCUT2D eigenvalue weighted by Gasteiger charge is 2.56. The van der Waals surface area contributed by atoms with Crippen LogP contribution >= 0.6 is 0 Å². The molecule has 0 unspecified atom stereocenters. The Morgan fingerprint density at radius 3 is 2.08 bits per heavy atom. The number of methoxy groups -OCH3 is 2. The Bertz CT molecular complexity index is 668. The summed E-state index contributed by atoms with van der Waals surface area (Å²) in [5.41, 5.74) is 0.936. The van der Waals surface area contributed by atoms with Crippen LogP contribution in [-0.4, -0.2) is 31.9 Å². The maximum Gasteiger partial charge on any atom is 0.323 e. The number of carbonyl (C=O) groups is 3. The standard InChI is InChI=1S/C19H22O5/c1-5-13-10-19(17(21)23-3,18(22)24-4)11-15(13)16(20)14-8-6-12(2)7-9-14/h5-9,15H,10-11H2,1-4H3/b13-5+/t15-/m0/s1. The first-order valence-electron chi connectivity index (χ1n) is 7.82. The molecular formula is C19H22O5. The lowest BCUT2D eigenvalue weighted by Crippen LogP contribution is -2.39. The molecule has 1 aliphatic carbocycles. The van der Waals surface area contributed by atoms with Crippen LogP contribution in [0.1, 0.15) is 35.7 Å². The van der Waals surface area contributed by atoms with E-state index in [4.69, 9.17) is 9.47 Å². The molecule has 0 spiro atoms. The minimum atomic E-state index is -1.45. The third kappa shape index (κ3) is 2.98. The highest BCUT2D eigenvalue weighted by molar-refractivity contribution is 6.05. The molecule has 0 aliphatic heterocycles. The van der Waals surface area contributed by atoms with Gasteiger partial charge in [-0.25, -0.2) is 0 Å². The summed E-state index contributed by atoms with van der Waals surface area (Å²) in [7, 11) is 2.47. The quantitative estimate of drug-likeness (QED) is 0.367. The molecule has 0 amide bonds. The Kier molecular flexibility index (Phi) is 5.22. The molecule has 0 radical (unpaired) electrons. The monoisotopic (exact) mass is 330 g/mol. The molecule has 128 valence electrons. The molecule has 1 saturated carbocycles. The number of Topliss-reactive ketones (excluding diaryl/α,β-unsaturated/α-hetero) is 1. The predicted molar refractivity (Wildman–Crippen MR) is 88.5 cm³/mol. The third-order valence-corrected chi connectivity index (χ3v) is 4.68. The van der Waals surface area contributed by atoms with E-state index < -0.39 is 23.3 Å². The van der Waals surface area contributed by atoms with Gasteiger partial charge >= 0.3 is 11.9 Å². The zero-order chi connectivity index (χ0) is 17.9. The van der Waals surface area contributed by atoms with Crippen molar-refractivity contribution < 1.29 is 23.9 Å². The number of ketones is 1. The first-order valence-corrected chi connectivity index (χ1v) is 7.82. The van der Waals surface area contributed by atoms with Gasteiger partial charge in [0, 0.05) is 11.5 Å². The molecule has 0 N–H and O–H groups in total. The number of rotatable bonds is 4. The number of hydrogen-bond donors (Lipinski definition) is 0. The molecule has 2 rings (SSSR count). The average molecular weight is 330 g/mol. The molecule has 1 atom stereocenters. The van der Waals surface area contributed by atoms with Gasteiger partial charge in [-0.05, 0) is 26.7 Å². The lowest BCUT2D eigenvalue weighted by molar-refractivity contribution is -0.168. The molecule has 24 heavy (non-hydrogen) atoms. The van der Waals surface area contributed by atoms with Crippen molar-refractivity contribution in [3.05, 3.63) is 47.0 Å². The second kappa shape index (κ2) is 6.99. The van der Waals surface area contributed by atoms with Crippen LogP contribution in [0.3, 0.4) is 0 Å². The van der Waals surface area contributed by atoms with Crippen molar-refractivity contribution >= 4 is 17.7 Å². The molecule has 1 fully saturated rings. The highest BCUT2D eigenvalue weighted by Crippen LogP contribution is 2.48. The van der Waals surface area contributed by atoms with Gasteiger partial charge in [-0.2, -0.15) is 0 Å². The number of ether oxygens (including phenoxy) is 2. The summed E-state index contributed by atoms with van der Waals surface area (Å²) in [5.74, 6) is -1.95. The van der Waals surface area contributed by atoms with Gasteiger partial charge in [-0.1, -0.05) is 41.5 Å². The fraction of sp³-hybridized carbons (Fsp3) is 0.421. The summed E-state index contributed by atoms with van der Waals surface area (Å²) in [4.78, 5) is 37.5. The van der Waals surface area contributed by atoms with Crippen molar-refractivity contribution in [2.24, 2.45) is 11.3 Å². The largest absolute Gasteiger partial charge is 0.468 e. The highest BCUT2D eigenvalue weighted by atomic mass is 16.5. The van der Waals surface area contributed by atoms with Crippen molar-refractivity contribution in [1.82, 2.24) is 0 Å². The van der Waals surface area contributed by atoms with E-state index in [9.17, 15) is 14.4 Å². The molecule has 1 aromatic rings. The lowest BCUT2D eigenvalue weighted by atomic mass is 9.84. The van der Waals surface area contributed by atoms with E-state index in [1.54, 1.807) is 25.1 Å². The number of allylic oxidation sites excluding steroid dienone is 2. The van der Waals surface area contributed by atoms with Crippen molar-refractivity contribution in [2.45, 2.75) is 26.7 Å². The van der Waals surface area contributed by atoms with Crippen LogP contribution < -0.4 is 0 Å². The maximum absolute atomic E-state index is 12.9. The van der Waals surface area contributed by atoms with E-state index in [0.717, 1.165) is 11.1 Å². The second-order valence-corrected chi connectivity index (χ2v) is 6.09. The Morgan fingerprint density at radius 2 is 1.62 bits per heavy atom. The van der Waals surface area contributed by atoms with E-state index in [1.165, 1.54) is 14.2 Å². The normalized spacial score (nSPS) is 20.7. The van der Waals surface area contributed by atoms with Gasteiger partial charge in [0.1, 0.15) is 0 Å².